The lowest BCUT2D eigenvalue weighted by molar-refractivity contribution is -0.151. The number of rotatable bonds is 5. The molecule has 3 rings (SSSR count). The molecule has 1 aliphatic carbocycles. The van der Waals surface area contributed by atoms with Crippen LogP contribution in [0.4, 0.5) is 4.39 Å². The lowest BCUT2D eigenvalue weighted by atomic mass is 9.95. The summed E-state index contributed by atoms with van der Waals surface area (Å²) >= 11 is 0. The maximum atomic E-state index is 13.0. The topological polar surface area (TPSA) is 52.6 Å². The van der Waals surface area contributed by atoms with Crippen molar-refractivity contribution in [3.8, 4) is 11.1 Å². The van der Waals surface area contributed by atoms with Crippen LogP contribution in [0.3, 0.4) is 0 Å². The van der Waals surface area contributed by atoms with E-state index in [1.165, 1.54) is 12.1 Å². The van der Waals surface area contributed by atoms with Gasteiger partial charge in [0.05, 0.1) is 5.56 Å². The van der Waals surface area contributed by atoms with E-state index in [1.54, 1.807) is 31.2 Å². The first-order chi connectivity index (χ1) is 13.0. The molecular formula is C22H23FO4. The van der Waals surface area contributed by atoms with Crippen LogP contribution in [0, 0.1) is 5.82 Å². The normalized spacial score (nSPS) is 19.3. The molecule has 0 atom stereocenters. The molecule has 1 aliphatic rings. The van der Waals surface area contributed by atoms with Crippen LogP contribution in [0.25, 0.3) is 11.1 Å². The molecule has 0 unspecified atom stereocenters. The summed E-state index contributed by atoms with van der Waals surface area (Å²) in [4.78, 5) is 23.7. The summed E-state index contributed by atoms with van der Waals surface area (Å²) in [6.45, 7) is 1.77. The van der Waals surface area contributed by atoms with Crippen molar-refractivity contribution >= 4 is 11.9 Å². The van der Waals surface area contributed by atoms with Crippen LogP contribution >= 0.6 is 0 Å². The van der Waals surface area contributed by atoms with E-state index in [2.05, 4.69) is 0 Å². The molecule has 0 amide bonds. The van der Waals surface area contributed by atoms with E-state index >= 15 is 0 Å². The Kier molecular flexibility index (Phi) is 6.22. The predicted molar refractivity (Wildman–Crippen MR) is 99.7 cm³/mol. The Balaban J connectivity index is 1.53. The highest BCUT2D eigenvalue weighted by molar-refractivity contribution is 5.90. The summed E-state index contributed by atoms with van der Waals surface area (Å²) in [5.74, 6) is -0.815. The van der Waals surface area contributed by atoms with Crippen molar-refractivity contribution in [1.29, 1.82) is 0 Å². The highest BCUT2D eigenvalue weighted by Crippen LogP contribution is 2.25. The summed E-state index contributed by atoms with van der Waals surface area (Å²) < 4.78 is 23.9. The van der Waals surface area contributed by atoms with Gasteiger partial charge in [-0.05, 0) is 61.1 Å². The molecule has 4 nitrogen and oxygen atoms in total. The Labute approximate surface area is 158 Å². The second-order valence-corrected chi connectivity index (χ2v) is 6.73. The zero-order chi connectivity index (χ0) is 19.2. The van der Waals surface area contributed by atoms with Crippen LogP contribution in [0.1, 0.15) is 49.4 Å². The molecule has 5 heteroatoms. The van der Waals surface area contributed by atoms with Crippen LogP contribution < -0.4 is 0 Å². The number of carbonyl (C=O) groups excluding carboxylic acids is 2. The number of hydrogen-bond acceptors (Lipinski definition) is 4. The Hall–Kier alpha value is -2.69. The zero-order valence-electron chi connectivity index (χ0n) is 15.3. The van der Waals surface area contributed by atoms with E-state index in [-0.39, 0.29) is 30.0 Å². The van der Waals surface area contributed by atoms with Gasteiger partial charge in [-0.15, -0.1) is 0 Å². The standard InChI is InChI=1S/C22H23FO4/c1-2-21(24)26-19-11-13-20(14-12-19)27-22(25)17-5-3-15(4-6-17)16-7-9-18(23)10-8-16/h3-10,19-20H,2,11-14H2,1H3/t19-,20-. The van der Waals surface area contributed by atoms with Gasteiger partial charge in [0, 0.05) is 6.42 Å². The summed E-state index contributed by atoms with van der Waals surface area (Å²) in [6, 6.07) is 13.3. The van der Waals surface area contributed by atoms with Gasteiger partial charge >= 0.3 is 11.9 Å². The van der Waals surface area contributed by atoms with Crippen molar-refractivity contribution in [2.45, 2.75) is 51.2 Å². The molecule has 0 saturated heterocycles. The molecule has 27 heavy (non-hydrogen) atoms. The molecule has 0 heterocycles. The van der Waals surface area contributed by atoms with Crippen molar-refractivity contribution in [1.82, 2.24) is 0 Å². The third-order valence-electron chi connectivity index (χ3n) is 4.78. The smallest absolute Gasteiger partial charge is 0.338 e. The molecule has 0 N–H and O–H groups in total. The maximum absolute atomic E-state index is 13.0. The van der Waals surface area contributed by atoms with Crippen LogP contribution in [0.5, 0.6) is 0 Å². The van der Waals surface area contributed by atoms with Crippen LogP contribution in [0.2, 0.25) is 0 Å². The average Bonchev–Trinajstić information content (AvgIpc) is 2.70. The molecule has 0 bridgehead atoms. The summed E-state index contributed by atoms with van der Waals surface area (Å²) in [5, 5.41) is 0. The zero-order valence-corrected chi connectivity index (χ0v) is 15.3. The van der Waals surface area contributed by atoms with Gasteiger partial charge in [0.2, 0.25) is 0 Å². The summed E-state index contributed by atoms with van der Waals surface area (Å²) in [5.41, 5.74) is 2.28. The first kappa shape index (κ1) is 19.1. The van der Waals surface area contributed by atoms with Crippen LogP contribution in [0.15, 0.2) is 48.5 Å². The highest BCUT2D eigenvalue weighted by atomic mass is 19.1. The SMILES string of the molecule is CCC(=O)O[C@H]1CC[C@H](OC(=O)c2ccc(-c3ccc(F)cc3)cc2)CC1. The number of hydrogen-bond donors (Lipinski definition) is 0. The van der Waals surface area contributed by atoms with E-state index in [1.807, 2.05) is 12.1 Å². The Morgan fingerprint density at radius 1 is 0.852 bits per heavy atom. The van der Waals surface area contributed by atoms with Crippen molar-refractivity contribution in [3.63, 3.8) is 0 Å². The molecule has 0 aromatic heterocycles. The Morgan fingerprint density at radius 2 is 1.33 bits per heavy atom. The molecule has 142 valence electrons. The average molecular weight is 370 g/mol. The van der Waals surface area contributed by atoms with E-state index in [9.17, 15) is 14.0 Å². The Morgan fingerprint density at radius 3 is 1.85 bits per heavy atom. The fourth-order valence-electron chi connectivity index (χ4n) is 3.20. The lowest BCUT2D eigenvalue weighted by Crippen LogP contribution is -2.29. The maximum Gasteiger partial charge on any atom is 0.338 e. The van der Waals surface area contributed by atoms with Crippen molar-refractivity contribution < 1.29 is 23.5 Å². The Bertz CT molecular complexity index is 775. The van der Waals surface area contributed by atoms with E-state index < -0.39 is 0 Å². The van der Waals surface area contributed by atoms with E-state index in [0.29, 0.717) is 37.7 Å². The van der Waals surface area contributed by atoms with Gasteiger partial charge in [-0.2, -0.15) is 0 Å². The third kappa shape index (κ3) is 5.16. The molecule has 2 aromatic carbocycles. The molecule has 0 aliphatic heterocycles. The second kappa shape index (κ2) is 8.80. The largest absolute Gasteiger partial charge is 0.462 e. The first-order valence-corrected chi connectivity index (χ1v) is 9.31. The summed E-state index contributed by atoms with van der Waals surface area (Å²) in [7, 11) is 0. The molecular weight excluding hydrogens is 347 g/mol. The third-order valence-corrected chi connectivity index (χ3v) is 4.78. The quantitative estimate of drug-likeness (QED) is 0.702. The van der Waals surface area contributed by atoms with Gasteiger partial charge < -0.3 is 9.47 Å². The summed E-state index contributed by atoms with van der Waals surface area (Å²) in [6.07, 6.45) is 2.99. The number of halogens is 1. The minimum absolute atomic E-state index is 0.0672. The number of esters is 2. The fourth-order valence-corrected chi connectivity index (χ4v) is 3.20. The van der Waals surface area contributed by atoms with Crippen molar-refractivity contribution in [3.05, 3.63) is 59.9 Å². The minimum Gasteiger partial charge on any atom is -0.462 e. The lowest BCUT2D eigenvalue weighted by Gasteiger charge is -2.28. The van der Waals surface area contributed by atoms with Crippen LogP contribution in [-0.2, 0) is 14.3 Å². The molecule has 0 spiro atoms. The van der Waals surface area contributed by atoms with Gasteiger partial charge in [-0.25, -0.2) is 9.18 Å². The van der Waals surface area contributed by atoms with Gasteiger partial charge in [0.1, 0.15) is 18.0 Å². The van der Waals surface area contributed by atoms with Crippen molar-refractivity contribution in [2.24, 2.45) is 0 Å². The van der Waals surface area contributed by atoms with Gasteiger partial charge in [0.15, 0.2) is 0 Å². The highest BCUT2D eigenvalue weighted by Gasteiger charge is 2.26. The molecule has 0 radical (unpaired) electrons. The number of ether oxygens (including phenoxy) is 2. The minimum atomic E-state index is -0.352. The molecule has 2 aromatic rings. The van der Waals surface area contributed by atoms with Gasteiger partial charge in [0.25, 0.3) is 0 Å². The first-order valence-electron chi connectivity index (χ1n) is 9.31. The number of carbonyl (C=O) groups is 2. The monoisotopic (exact) mass is 370 g/mol. The van der Waals surface area contributed by atoms with E-state index in [4.69, 9.17) is 9.47 Å². The number of benzene rings is 2. The fraction of sp³-hybridized carbons (Fsp3) is 0.364. The predicted octanol–water partition coefficient (Wildman–Crippen LogP) is 4.91. The van der Waals surface area contributed by atoms with Crippen molar-refractivity contribution in [2.75, 3.05) is 0 Å². The molecule has 1 saturated carbocycles. The van der Waals surface area contributed by atoms with Gasteiger partial charge in [-0.1, -0.05) is 31.2 Å². The van der Waals surface area contributed by atoms with E-state index in [0.717, 1.165) is 11.1 Å². The van der Waals surface area contributed by atoms with Crippen LogP contribution in [-0.4, -0.2) is 24.1 Å². The van der Waals surface area contributed by atoms with Gasteiger partial charge in [-0.3, -0.25) is 4.79 Å². The second-order valence-electron chi connectivity index (χ2n) is 6.73. The molecule has 1 fully saturated rings.